The second-order valence-electron chi connectivity index (χ2n) is 25.5. The first-order valence-corrected chi connectivity index (χ1v) is 33.4. The van der Waals surface area contributed by atoms with E-state index in [0.717, 1.165) is 46.5 Å². The number of unbranched alkanes of at least 4 members (excludes halogenated alkanes) is 8. The molecule has 0 aliphatic carbocycles. The van der Waals surface area contributed by atoms with Gasteiger partial charge in [0.05, 0.1) is 58.4 Å². The zero-order valence-corrected chi connectivity index (χ0v) is 56.1. The smallest absolute Gasteiger partial charge is 0.251 e. The number of aliphatic hydroxyl groups excluding tert-OH is 12. The van der Waals surface area contributed by atoms with Crippen LogP contribution in [0.15, 0.2) is 24.3 Å². The van der Waals surface area contributed by atoms with Gasteiger partial charge in [-0.3, -0.25) is 24.0 Å². The highest BCUT2D eigenvalue weighted by Crippen LogP contribution is 2.37. The van der Waals surface area contributed by atoms with Gasteiger partial charge in [-0.15, -0.1) is 0 Å². The van der Waals surface area contributed by atoms with Gasteiger partial charge in [0.25, 0.3) is 5.91 Å². The summed E-state index contributed by atoms with van der Waals surface area (Å²) in [6.45, 7) is 3.77. The number of rotatable bonds is 33. The fourth-order valence-corrected chi connectivity index (χ4v) is 12.9. The Hall–Kier alpha value is -4.59. The van der Waals surface area contributed by atoms with E-state index in [-0.39, 0.29) is 12.2 Å². The molecular formula is C63H103N5O30. The molecule has 0 aromatic heterocycles. The van der Waals surface area contributed by atoms with Crippen molar-refractivity contribution in [2.45, 2.75) is 277 Å². The quantitative estimate of drug-likeness (QED) is 0.0292. The van der Waals surface area contributed by atoms with Crippen LogP contribution in [0, 0.1) is 0 Å². The van der Waals surface area contributed by atoms with Crippen molar-refractivity contribution in [1.29, 1.82) is 0 Å². The molecule has 6 fully saturated rings. The van der Waals surface area contributed by atoms with Crippen LogP contribution >= 0.6 is 0 Å². The lowest BCUT2D eigenvalue weighted by Crippen LogP contribution is -2.72. The minimum absolute atomic E-state index is 0.0683. The van der Waals surface area contributed by atoms with Crippen LogP contribution in [-0.2, 0) is 76.0 Å². The molecule has 0 spiro atoms. The van der Waals surface area contributed by atoms with E-state index in [0.29, 0.717) is 12.4 Å². The Morgan fingerprint density at radius 3 is 1.34 bits per heavy atom. The topological polar surface area (TPSA) is 508 Å². The molecule has 29 atom stereocenters. The third kappa shape index (κ3) is 20.8. The Bertz CT molecular complexity index is 2640. The molecule has 5 amide bonds. The molecule has 6 saturated heterocycles. The Morgan fingerprint density at radius 2 is 0.898 bits per heavy atom. The van der Waals surface area contributed by atoms with Crippen LogP contribution < -0.4 is 31.3 Å². The number of benzene rings is 1. The van der Waals surface area contributed by atoms with Crippen molar-refractivity contribution in [1.82, 2.24) is 26.6 Å². The average Bonchev–Trinajstić information content (AvgIpc) is 0.773. The van der Waals surface area contributed by atoms with E-state index >= 15 is 0 Å². The molecule has 0 saturated carbocycles. The molecule has 6 aliphatic heterocycles. The molecule has 0 radical (unpaired) electrons. The van der Waals surface area contributed by atoms with Crippen LogP contribution in [0.4, 0.5) is 0 Å². The summed E-state index contributed by atoms with van der Waals surface area (Å²) in [5, 5.41) is 148. The van der Waals surface area contributed by atoms with Crippen molar-refractivity contribution in [3.05, 3.63) is 29.8 Å². The highest BCUT2D eigenvalue weighted by molar-refractivity contribution is 5.94. The molecule has 19 unspecified atom stereocenters. The fourth-order valence-electron chi connectivity index (χ4n) is 12.9. The van der Waals surface area contributed by atoms with Crippen molar-refractivity contribution in [3.63, 3.8) is 0 Å². The van der Waals surface area contributed by atoms with Crippen LogP contribution in [0.1, 0.15) is 110 Å². The Morgan fingerprint density at radius 1 is 0.469 bits per heavy atom. The van der Waals surface area contributed by atoms with Crippen LogP contribution in [0.25, 0.3) is 0 Å². The van der Waals surface area contributed by atoms with E-state index in [1.54, 1.807) is 12.1 Å². The zero-order valence-electron chi connectivity index (χ0n) is 56.1. The molecule has 6 aliphatic rings. The summed E-state index contributed by atoms with van der Waals surface area (Å²) in [6.07, 6.45) is -30.0. The molecule has 560 valence electrons. The van der Waals surface area contributed by atoms with Gasteiger partial charge in [-0.1, -0.05) is 64.4 Å². The summed E-state index contributed by atoms with van der Waals surface area (Å²) in [5.41, 5.74) is 0.0683. The first-order valence-electron chi connectivity index (χ1n) is 33.4. The summed E-state index contributed by atoms with van der Waals surface area (Å²) in [6, 6.07) is -1.76. The van der Waals surface area contributed by atoms with Gasteiger partial charge in [0.2, 0.25) is 23.6 Å². The van der Waals surface area contributed by atoms with Crippen molar-refractivity contribution in [2.75, 3.05) is 53.4 Å². The Kier molecular flexibility index (Phi) is 31.8. The van der Waals surface area contributed by atoms with Crippen molar-refractivity contribution in [2.24, 2.45) is 0 Å². The minimum Gasteiger partial charge on any atom is -0.494 e. The van der Waals surface area contributed by atoms with E-state index in [9.17, 15) is 85.3 Å². The number of ether oxygens (including phenoxy) is 13. The number of aliphatic hydroxyl groups is 12. The molecule has 7 rings (SSSR count). The van der Waals surface area contributed by atoms with Crippen molar-refractivity contribution in [3.8, 4) is 5.75 Å². The highest BCUT2D eigenvalue weighted by Gasteiger charge is 2.58. The van der Waals surface area contributed by atoms with Crippen LogP contribution in [0.5, 0.6) is 5.75 Å². The van der Waals surface area contributed by atoms with Gasteiger partial charge < -0.3 is 149 Å². The van der Waals surface area contributed by atoms with Gasteiger partial charge in [-0.05, 0) is 31.5 Å². The maximum atomic E-state index is 14.0. The normalized spacial score (nSPS) is 39.0. The Balaban J connectivity index is 1.06. The lowest BCUT2D eigenvalue weighted by Gasteiger charge is -2.51. The van der Waals surface area contributed by atoms with Gasteiger partial charge in [0, 0.05) is 40.4 Å². The van der Waals surface area contributed by atoms with E-state index in [4.69, 9.17) is 61.6 Å². The number of hydrogen-bond donors (Lipinski definition) is 17. The summed E-state index contributed by atoms with van der Waals surface area (Å²) in [4.78, 5) is 65.1. The maximum absolute atomic E-state index is 14.0. The molecule has 6 heterocycles. The molecule has 17 N–H and O–H groups in total. The predicted molar refractivity (Wildman–Crippen MR) is 332 cm³/mol. The van der Waals surface area contributed by atoms with Crippen molar-refractivity contribution < 1.29 is 147 Å². The third-order valence-electron chi connectivity index (χ3n) is 18.1. The maximum Gasteiger partial charge on any atom is 0.251 e. The lowest BCUT2D eigenvalue weighted by molar-refractivity contribution is -0.366. The number of carbonyl (C=O) groups excluding carboxylic acids is 5. The number of amides is 5. The zero-order chi connectivity index (χ0) is 71.7. The Labute approximate surface area is 567 Å². The molecule has 98 heavy (non-hydrogen) atoms. The summed E-state index contributed by atoms with van der Waals surface area (Å²) >= 11 is 0. The fraction of sp³-hybridized carbons (Fsp3) is 0.825. The van der Waals surface area contributed by atoms with Gasteiger partial charge in [0.15, 0.2) is 31.5 Å². The molecule has 1 aromatic rings. The first-order chi connectivity index (χ1) is 46.8. The number of nitrogens with one attached hydrogen (secondary N) is 5. The van der Waals surface area contributed by atoms with E-state index < -0.39 is 240 Å². The van der Waals surface area contributed by atoms with Gasteiger partial charge in [-0.25, -0.2) is 0 Å². The molecular weight excluding hydrogens is 1310 g/mol. The average molecular weight is 1410 g/mol. The molecule has 35 heteroatoms. The van der Waals surface area contributed by atoms with Gasteiger partial charge >= 0.3 is 0 Å². The second kappa shape index (κ2) is 38.6. The summed E-state index contributed by atoms with van der Waals surface area (Å²) in [5.74, 6) is -3.38. The van der Waals surface area contributed by atoms with E-state index in [2.05, 4.69) is 33.5 Å². The first kappa shape index (κ1) is 80.7. The number of hydrogen-bond acceptors (Lipinski definition) is 30. The second-order valence-corrected chi connectivity index (χ2v) is 25.5. The molecule has 35 nitrogen and oxygen atoms in total. The standard InChI is InChI=1S/C63H103N5O30/c1-8-9-10-11-12-13-14-15-16-20-87-34-19-17-18-33(21-34)58(85)68-41-48(80)47(79)36(22-69)91-59(41)95-53-37(23-70)92-60(42(49(53)81)65-30(4)74)96-54-38(24-71)93-61(43(50(54)82)66-31(5)75)97-55-39(25-72)94-62(44(51(55)83)67-32(6)76)98-56-40(88-26-35(46(56)78)64-29(3)73)27-89-63-57(86-7)52(84)45(77)28(2)90-63/h17-19,21,28,35-57,59-63,69-72,77-84H,8-16,20,22-27H2,1-7H3,(H,64,73)(H,65,74)(H,66,75)(H,67,76)(H,68,85)/t28?,35-,36?,37?,38?,39?,40?,41?,42?,43+,44?,45?,46-,47-,48?,49?,50-,51?,52?,53-,54?,55-,56?,57?,59?,60?,61+,62+,63-/m1/s1. The van der Waals surface area contributed by atoms with Crippen LogP contribution in [0.2, 0.25) is 0 Å². The van der Waals surface area contributed by atoms with Gasteiger partial charge in [0.1, 0.15) is 140 Å². The van der Waals surface area contributed by atoms with Crippen molar-refractivity contribution >= 4 is 29.5 Å². The third-order valence-corrected chi connectivity index (χ3v) is 18.1. The lowest BCUT2D eigenvalue weighted by atomic mass is 9.93. The monoisotopic (exact) mass is 1410 g/mol. The minimum atomic E-state index is -2.04. The van der Waals surface area contributed by atoms with Crippen LogP contribution in [0.3, 0.4) is 0 Å². The van der Waals surface area contributed by atoms with Crippen LogP contribution in [-0.4, -0.2) is 322 Å². The molecule has 1 aromatic carbocycles. The van der Waals surface area contributed by atoms with Gasteiger partial charge in [-0.2, -0.15) is 0 Å². The largest absolute Gasteiger partial charge is 0.494 e. The molecule has 0 bridgehead atoms. The summed E-state index contributed by atoms with van der Waals surface area (Å²) < 4.78 is 78.5. The number of methoxy groups -OCH3 is 1. The van der Waals surface area contributed by atoms with E-state index in [1.807, 2.05) is 0 Å². The highest BCUT2D eigenvalue weighted by atomic mass is 16.8. The van der Waals surface area contributed by atoms with E-state index in [1.165, 1.54) is 65.2 Å². The SMILES string of the molecule is CCCCCCCCCCCOc1cccc(C(=O)NC2C(O[C@@H]3C(CO)OC(OC4C(CO)O[C@@H](O[C@@H]5C(CO)O[C@@H](OC6C(CO[C@@H]7OC(C)C(O)C(O)C7OC)OC[C@@H](NC(C)=O)[C@H]6O)C(NC(C)=O)C5O)[C@@H](NC(C)=O)[C@H]4O)C(NC(C)=O)C3O)OC(CO)[C@@H](O)C2O)c1. The predicted octanol–water partition coefficient (Wildman–Crippen LogP) is -5.81. The number of carbonyl (C=O) groups is 5. The summed E-state index contributed by atoms with van der Waals surface area (Å²) in [7, 11) is 1.25.